The average Bonchev–Trinajstić information content (AvgIpc) is 2.34. The summed E-state index contributed by atoms with van der Waals surface area (Å²) in [6.45, 7) is 5.86. The molecule has 0 saturated carbocycles. The Morgan fingerprint density at radius 1 is 1.42 bits per heavy atom. The highest BCUT2D eigenvalue weighted by Gasteiger charge is 2.09. The smallest absolute Gasteiger partial charge is 0.272 e. The van der Waals surface area contributed by atoms with Crippen LogP contribution in [0.15, 0.2) is 18.2 Å². The molecule has 0 aliphatic heterocycles. The van der Waals surface area contributed by atoms with Gasteiger partial charge in [0.1, 0.15) is 0 Å². The SMILES string of the molecule is CC(C)CCOCCNc1ccc([N+](=O)[O-])cc1F. The minimum atomic E-state index is -0.628. The molecule has 0 aliphatic carbocycles. The molecule has 0 saturated heterocycles. The molecular formula is C13H19FN2O3. The van der Waals surface area contributed by atoms with Gasteiger partial charge in [0.25, 0.3) is 5.69 Å². The van der Waals surface area contributed by atoms with Crippen molar-refractivity contribution in [3.8, 4) is 0 Å². The van der Waals surface area contributed by atoms with Crippen LogP contribution in [0.25, 0.3) is 0 Å². The number of nitrogens with zero attached hydrogens (tertiary/aromatic N) is 1. The predicted molar refractivity (Wildman–Crippen MR) is 71.8 cm³/mol. The fourth-order valence-electron chi connectivity index (χ4n) is 1.44. The highest BCUT2D eigenvalue weighted by molar-refractivity contribution is 5.50. The van der Waals surface area contributed by atoms with Crippen LogP contribution in [0, 0.1) is 21.8 Å². The van der Waals surface area contributed by atoms with E-state index in [9.17, 15) is 14.5 Å². The van der Waals surface area contributed by atoms with Crippen LogP contribution < -0.4 is 5.32 Å². The first kappa shape index (κ1) is 15.4. The van der Waals surface area contributed by atoms with E-state index in [0.29, 0.717) is 25.7 Å². The maximum atomic E-state index is 13.5. The third-order valence-corrected chi connectivity index (χ3v) is 2.56. The van der Waals surface area contributed by atoms with Gasteiger partial charge in [0.2, 0.25) is 0 Å². The monoisotopic (exact) mass is 270 g/mol. The van der Waals surface area contributed by atoms with Crippen molar-refractivity contribution in [3.05, 3.63) is 34.1 Å². The highest BCUT2D eigenvalue weighted by Crippen LogP contribution is 2.20. The second-order valence-corrected chi connectivity index (χ2v) is 4.64. The predicted octanol–water partition coefficient (Wildman–Crippen LogP) is 3.21. The Bertz CT molecular complexity index is 424. The molecule has 0 heterocycles. The van der Waals surface area contributed by atoms with Gasteiger partial charge in [-0.15, -0.1) is 0 Å². The maximum Gasteiger partial charge on any atom is 0.272 e. The van der Waals surface area contributed by atoms with Crippen molar-refractivity contribution < 1.29 is 14.1 Å². The van der Waals surface area contributed by atoms with Gasteiger partial charge in [-0.3, -0.25) is 10.1 Å². The zero-order valence-electron chi connectivity index (χ0n) is 11.2. The van der Waals surface area contributed by atoms with Crippen LogP contribution in [-0.4, -0.2) is 24.7 Å². The van der Waals surface area contributed by atoms with Crippen molar-refractivity contribution in [1.82, 2.24) is 0 Å². The lowest BCUT2D eigenvalue weighted by atomic mass is 10.1. The molecule has 19 heavy (non-hydrogen) atoms. The highest BCUT2D eigenvalue weighted by atomic mass is 19.1. The number of halogens is 1. The summed E-state index contributed by atoms with van der Waals surface area (Å²) in [6.07, 6.45) is 0.992. The normalized spacial score (nSPS) is 10.7. The van der Waals surface area contributed by atoms with Crippen molar-refractivity contribution in [3.63, 3.8) is 0 Å². The number of ether oxygens (including phenoxy) is 1. The lowest BCUT2D eigenvalue weighted by molar-refractivity contribution is -0.385. The summed E-state index contributed by atoms with van der Waals surface area (Å²) in [5, 5.41) is 13.3. The van der Waals surface area contributed by atoms with Crippen LogP contribution >= 0.6 is 0 Å². The number of hydrogen-bond acceptors (Lipinski definition) is 4. The standard InChI is InChI=1S/C13H19FN2O3/c1-10(2)5-7-19-8-6-15-13-4-3-11(16(17)18)9-12(13)14/h3-4,9-10,15H,5-8H2,1-2H3. The minimum absolute atomic E-state index is 0.248. The van der Waals surface area contributed by atoms with Gasteiger partial charge in [-0.25, -0.2) is 4.39 Å². The second kappa shape index (κ2) is 7.68. The average molecular weight is 270 g/mol. The van der Waals surface area contributed by atoms with E-state index in [1.807, 2.05) is 0 Å². The summed E-state index contributed by atoms with van der Waals surface area (Å²) in [5.41, 5.74) is -0.00528. The molecule has 0 bridgehead atoms. The maximum absolute atomic E-state index is 13.5. The van der Waals surface area contributed by atoms with Crippen LogP contribution in [0.2, 0.25) is 0 Å². The quantitative estimate of drug-likeness (QED) is 0.447. The topological polar surface area (TPSA) is 64.4 Å². The molecule has 0 unspecified atom stereocenters. The number of nitro groups is 1. The molecule has 0 radical (unpaired) electrons. The van der Waals surface area contributed by atoms with Gasteiger partial charge in [-0.1, -0.05) is 13.8 Å². The molecule has 0 spiro atoms. The molecule has 1 rings (SSSR count). The van der Waals surface area contributed by atoms with E-state index in [0.717, 1.165) is 12.5 Å². The molecule has 1 N–H and O–H groups in total. The first-order valence-electron chi connectivity index (χ1n) is 6.26. The van der Waals surface area contributed by atoms with E-state index in [1.165, 1.54) is 12.1 Å². The van der Waals surface area contributed by atoms with Gasteiger partial charge in [-0.05, 0) is 18.4 Å². The van der Waals surface area contributed by atoms with E-state index in [-0.39, 0.29) is 11.4 Å². The summed E-state index contributed by atoms with van der Waals surface area (Å²) >= 11 is 0. The Labute approximate surface area is 111 Å². The van der Waals surface area contributed by atoms with E-state index < -0.39 is 10.7 Å². The molecule has 1 aromatic carbocycles. The fraction of sp³-hybridized carbons (Fsp3) is 0.538. The van der Waals surface area contributed by atoms with Gasteiger partial charge in [0.15, 0.2) is 5.82 Å². The van der Waals surface area contributed by atoms with Crippen molar-refractivity contribution in [2.45, 2.75) is 20.3 Å². The third-order valence-electron chi connectivity index (χ3n) is 2.56. The van der Waals surface area contributed by atoms with Crippen LogP contribution in [0.4, 0.5) is 15.8 Å². The van der Waals surface area contributed by atoms with E-state index in [2.05, 4.69) is 19.2 Å². The molecular weight excluding hydrogens is 251 g/mol. The Morgan fingerprint density at radius 3 is 2.74 bits per heavy atom. The molecule has 0 aliphatic rings. The van der Waals surface area contributed by atoms with Crippen molar-refractivity contribution in [2.75, 3.05) is 25.1 Å². The summed E-state index contributed by atoms with van der Waals surface area (Å²) in [7, 11) is 0. The number of nitrogens with one attached hydrogen (secondary N) is 1. The first-order valence-corrected chi connectivity index (χ1v) is 6.26. The summed E-state index contributed by atoms with van der Waals surface area (Å²) < 4.78 is 18.9. The molecule has 106 valence electrons. The van der Waals surface area contributed by atoms with Crippen LogP contribution in [0.1, 0.15) is 20.3 Å². The van der Waals surface area contributed by atoms with Gasteiger partial charge in [0, 0.05) is 19.2 Å². The van der Waals surface area contributed by atoms with Gasteiger partial charge in [-0.2, -0.15) is 0 Å². The van der Waals surface area contributed by atoms with Crippen LogP contribution in [-0.2, 0) is 4.74 Å². The molecule has 0 amide bonds. The summed E-state index contributed by atoms with van der Waals surface area (Å²) in [5.74, 6) is -0.0311. The summed E-state index contributed by atoms with van der Waals surface area (Å²) in [6, 6.07) is 3.54. The van der Waals surface area contributed by atoms with E-state index >= 15 is 0 Å². The first-order chi connectivity index (χ1) is 9.00. The number of rotatable bonds is 8. The third kappa shape index (κ3) is 5.65. The zero-order chi connectivity index (χ0) is 14.3. The lowest BCUT2D eigenvalue weighted by Gasteiger charge is -2.09. The van der Waals surface area contributed by atoms with Crippen molar-refractivity contribution in [2.24, 2.45) is 5.92 Å². The summed E-state index contributed by atoms with van der Waals surface area (Å²) in [4.78, 5) is 9.83. The Morgan fingerprint density at radius 2 is 2.16 bits per heavy atom. The van der Waals surface area contributed by atoms with Gasteiger partial charge in [0.05, 0.1) is 23.3 Å². The molecule has 0 aromatic heterocycles. The number of benzene rings is 1. The molecule has 6 heteroatoms. The Balaban J connectivity index is 2.32. The molecule has 0 atom stereocenters. The van der Waals surface area contributed by atoms with E-state index in [4.69, 9.17) is 4.74 Å². The van der Waals surface area contributed by atoms with Crippen LogP contribution in [0.5, 0.6) is 0 Å². The number of anilines is 1. The molecule has 5 nitrogen and oxygen atoms in total. The van der Waals surface area contributed by atoms with Crippen molar-refractivity contribution >= 4 is 11.4 Å². The molecule has 1 aromatic rings. The Hall–Kier alpha value is -1.69. The van der Waals surface area contributed by atoms with E-state index in [1.54, 1.807) is 0 Å². The van der Waals surface area contributed by atoms with Gasteiger partial charge < -0.3 is 10.1 Å². The number of nitro benzene ring substituents is 1. The Kier molecular flexibility index (Phi) is 6.21. The molecule has 0 fully saturated rings. The largest absolute Gasteiger partial charge is 0.380 e. The number of non-ortho nitro benzene ring substituents is 1. The van der Waals surface area contributed by atoms with Crippen LogP contribution in [0.3, 0.4) is 0 Å². The lowest BCUT2D eigenvalue weighted by Crippen LogP contribution is -2.11. The van der Waals surface area contributed by atoms with Gasteiger partial charge >= 0.3 is 0 Å². The minimum Gasteiger partial charge on any atom is -0.380 e. The number of hydrogen-bond donors (Lipinski definition) is 1. The fourth-order valence-corrected chi connectivity index (χ4v) is 1.44. The van der Waals surface area contributed by atoms with Crippen molar-refractivity contribution in [1.29, 1.82) is 0 Å². The zero-order valence-corrected chi connectivity index (χ0v) is 11.2. The second-order valence-electron chi connectivity index (χ2n) is 4.64.